The lowest BCUT2D eigenvalue weighted by Gasteiger charge is -2.34. The minimum absolute atomic E-state index is 0.108. The van der Waals surface area contributed by atoms with Gasteiger partial charge in [0.25, 0.3) is 5.91 Å². The third-order valence-electron chi connectivity index (χ3n) is 5.18. The molecule has 1 aromatic carbocycles. The van der Waals surface area contributed by atoms with Gasteiger partial charge in [0.2, 0.25) is 0 Å². The first kappa shape index (κ1) is 17.7. The lowest BCUT2D eigenvalue weighted by atomic mass is 10.0. The molecular formula is C20H28N4O. The SMILES string of the molecule is CCN(CC)C(=O)c1c(C)c(N2CCN(C)CC2)nc2ccccc12. The maximum atomic E-state index is 13.2. The van der Waals surface area contributed by atoms with Crippen LogP contribution in [0.4, 0.5) is 5.82 Å². The number of amides is 1. The Kier molecular flexibility index (Phi) is 5.23. The lowest BCUT2D eigenvalue weighted by Crippen LogP contribution is -2.45. The van der Waals surface area contributed by atoms with Gasteiger partial charge >= 0.3 is 0 Å². The summed E-state index contributed by atoms with van der Waals surface area (Å²) in [4.78, 5) is 24.7. The summed E-state index contributed by atoms with van der Waals surface area (Å²) in [6.45, 7) is 11.5. The molecule has 1 aliphatic rings. The summed E-state index contributed by atoms with van der Waals surface area (Å²) >= 11 is 0. The van der Waals surface area contributed by atoms with Crippen LogP contribution >= 0.6 is 0 Å². The fourth-order valence-electron chi connectivity index (χ4n) is 3.56. The predicted molar refractivity (Wildman–Crippen MR) is 103 cm³/mol. The molecule has 2 heterocycles. The van der Waals surface area contributed by atoms with Gasteiger partial charge in [-0.25, -0.2) is 4.98 Å². The number of carbonyl (C=O) groups excluding carboxylic acids is 1. The Morgan fingerprint density at radius 3 is 2.40 bits per heavy atom. The number of pyridine rings is 1. The molecule has 5 nitrogen and oxygen atoms in total. The van der Waals surface area contributed by atoms with Crippen LogP contribution in [0.5, 0.6) is 0 Å². The van der Waals surface area contributed by atoms with Gasteiger partial charge in [0, 0.05) is 50.2 Å². The molecule has 0 spiro atoms. The summed E-state index contributed by atoms with van der Waals surface area (Å²) in [7, 11) is 2.15. The van der Waals surface area contributed by atoms with E-state index in [-0.39, 0.29) is 5.91 Å². The molecular weight excluding hydrogens is 312 g/mol. The standard InChI is InChI=1S/C20H28N4O/c1-5-23(6-2)20(25)18-15(3)19(24-13-11-22(4)12-14-24)21-17-10-8-7-9-16(17)18/h7-10H,5-6,11-14H2,1-4H3. The first-order chi connectivity index (χ1) is 12.1. The van der Waals surface area contributed by atoms with Gasteiger partial charge in [-0.15, -0.1) is 0 Å². The van der Waals surface area contributed by atoms with Crippen molar-refractivity contribution < 1.29 is 4.79 Å². The van der Waals surface area contributed by atoms with E-state index < -0.39 is 0 Å². The van der Waals surface area contributed by atoms with Crippen molar-refractivity contribution in [3.05, 3.63) is 35.4 Å². The molecule has 0 saturated carbocycles. The molecule has 5 heteroatoms. The molecule has 1 fully saturated rings. The quantitative estimate of drug-likeness (QED) is 0.858. The molecule has 25 heavy (non-hydrogen) atoms. The molecule has 1 aromatic heterocycles. The lowest BCUT2D eigenvalue weighted by molar-refractivity contribution is 0.0774. The number of rotatable bonds is 4. The van der Waals surface area contributed by atoms with Crippen LogP contribution < -0.4 is 4.90 Å². The average Bonchev–Trinajstić information content (AvgIpc) is 2.63. The number of fused-ring (bicyclic) bond motifs is 1. The van der Waals surface area contributed by atoms with Crippen LogP contribution in [0.2, 0.25) is 0 Å². The first-order valence-electron chi connectivity index (χ1n) is 9.18. The van der Waals surface area contributed by atoms with Crippen molar-refractivity contribution in [1.82, 2.24) is 14.8 Å². The van der Waals surface area contributed by atoms with Crippen LogP contribution in [-0.2, 0) is 0 Å². The molecule has 0 bridgehead atoms. The number of hydrogen-bond donors (Lipinski definition) is 0. The van der Waals surface area contributed by atoms with E-state index in [4.69, 9.17) is 4.98 Å². The van der Waals surface area contributed by atoms with Gasteiger partial charge < -0.3 is 14.7 Å². The van der Waals surface area contributed by atoms with Crippen LogP contribution in [0.3, 0.4) is 0 Å². The Balaban J connectivity index is 2.13. The second kappa shape index (κ2) is 7.40. The molecule has 0 unspecified atom stereocenters. The zero-order valence-electron chi connectivity index (χ0n) is 15.7. The molecule has 1 amide bonds. The van der Waals surface area contributed by atoms with Gasteiger partial charge in [-0.1, -0.05) is 18.2 Å². The third-order valence-corrected chi connectivity index (χ3v) is 5.18. The van der Waals surface area contributed by atoms with Crippen LogP contribution in [-0.4, -0.2) is 67.0 Å². The number of benzene rings is 1. The number of aromatic nitrogens is 1. The van der Waals surface area contributed by atoms with Crippen molar-refractivity contribution in [2.24, 2.45) is 0 Å². The van der Waals surface area contributed by atoms with Crippen molar-refractivity contribution in [1.29, 1.82) is 0 Å². The predicted octanol–water partition coefficient (Wildman–Crippen LogP) is 2.78. The molecule has 1 saturated heterocycles. The molecule has 0 atom stereocenters. The van der Waals surface area contributed by atoms with Gasteiger partial charge in [-0.05, 0) is 33.9 Å². The molecule has 0 radical (unpaired) electrons. The topological polar surface area (TPSA) is 39.7 Å². The second-order valence-corrected chi connectivity index (χ2v) is 6.72. The van der Waals surface area contributed by atoms with Crippen LogP contribution in [0, 0.1) is 6.92 Å². The van der Waals surface area contributed by atoms with Crippen molar-refractivity contribution in [3.63, 3.8) is 0 Å². The maximum absolute atomic E-state index is 13.2. The van der Waals surface area contributed by atoms with Crippen molar-refractivity contribution in [3.8, 4) is 0 Å². The highest BCUT2D eigenvalue weighted by Crippen LogP contribution is 2.30. The summed E-state index contributed by atoms with van der Waals surface area (Å²) in [5.74, 6) is 1.07. The van der Waals surface area contributed by atoms with E-state index in [1.165, 1.54) is 0 Å². The molecule has 1 aliphatic heterocycles. The summed E-state index contributed by atoms with van der Waals surface area (Å²) in [6, 6.07) is 8.00. The summed E-state index contributed by atoms with van der Waals surface area (Å²) in [5.41, 5.74) is 2.71. The van der Waals surface area contributed by atoms with E-state index in [0.29, 0.717) is 0 Å². The van der Waals surface area contributed by atoms with Crippen molar-refractivity contribution in [2.75, 3.05) is 51.2 Å². The smallest absolute Gasteiger partial charge is 0.254 e. The van der Waals surface area contributed by atoms with E-state index in [9.17, 15) is 4.79 Å². The van der Waals surface area contributed by atoms with Crippen molar-refractivity contribution >= 4 is 22.6 Å². The zero-order valence-corrected chi connectivity index (χ0v) is 15.7. The van der Waals surface area contributed by atoms with Crippen LogP contribution in [0.25, 0.3) is 10.9 Å². The highest BCUT2D eigenvalue weighted by atomic mass is 16.2. The average molecular weight is 340 g/mol. The fourth-order valence-corrected chi connectivity index (χ4v) is 3.56. The van der Waals surface area contributed by atoms with Gasteiger partial charge in [0.1, 0.15) is 5.82 Å². The Bertz CT molecular complexity index is 762. The fraction of sp³-hybridized carbons (Fsp3) is 0.500. The minimum atomic E-state index is 0.108. The van der Waals surface area contributed by atoms with Crippen LogP contribution in [0.15, 0.2) is 24.3 Å². The first-order valence-corrected chi connectivity index (χ1v) is 9.18. The van der Waals surface area contributed by atoms with Gasteiger partial charge in [-0.2, -0.15) is 0 Å². The normalized spacial score (nSPS) is 15.6. The van der Waals surface area contributed by atoms with Gasteiger partial charge in [-0.3, -0.25) is 4.79 Å². The van der Waals surface area contributed by atoms with E-state index >= 15 is 0 Å². The number of hydrogen-bond acceptors (Lipinski definition) is 4. The molecule has 0 N–H and O–H groups in total. The largest absolute Gasteiger partial charge is 0.354 e. The van der Waals surface area contributed by atoms with Gasteiger partial charge in [0.05, 0.1) is 11.1 Å². The zero-order chi connectivity index (χ0) is 18.0. The maximum Gasteiger partial charge on any atom is 0.254 e. The highest BCUT2D eigenvalue weighted by molar-refractivity contribution is 6.08. The van der Waals surface area contributed by atoms with E-state index in [0.717, 1.165) is 67.1 Å². The summed E-state index contributed by atoms with van der Waals surface area (Å²) in [6.07, 6.45) is 0. The number of carbonyl (C=O) groups is 1. The van der Waals surface area contributed by atoms with Crippen molar-refractivity contribution in [2.45, 2.75) is 20.8 Å². The second-order valence-electron chi connectivity index (χ2n) is 6.72. The number of nitrogens with zero attached hydrogens (tertiary/aromatic N) is 4. The Morgan fingerprint density at radius 2 is 1.76 bits per heavy atom. The minimum Gasteiger partial charge on any atom is -0.354 e. The number of likely N-dealkylation sites (N-methyl/N-ethyl adjacent to an activating group) is 1. The molecule has 134 valence electrons. The summed E-state index contributed by atoms with van der Waals surface area (Å²) in [5, 5.41) is 0.953. The van der Waals surface area contributed by atoms with E-state index in [1.807, 2.05) is 49.9 Å². The number of para-hydroxylation sites is 1. The number of piperazine rings is 1. The summed E-state index contributed by atoms with van der Waals surface area (Å²) < 4.78 is 0. The Morgan fingerprint density at radius 1 is 1.12 bits per heavy atom. The Labute approximate surface area is 150 Å². The molecule has 3 rings (SSSR count). The van der Waals surface area contributed by atoms with Crippen LogP contribution in [0.1, 0.15) is 29.8 Å². The highest BCUT2D eigenvalue weighted by Gasteiger charge is 2.25. The Hall–Kier alpha value is -2.14. The monoisotopic (exact) mass is 340 g/mol. The molecule has 2 aromatic rings. The number of anilines is 1. The van der Waals surface area contributed by atoms with Gasteiger partial charge in [0.15, 0.2) is 0 Å². The van der Waals surface area contributed by atoms with E-state index in [1.54, 1.807) is 0 Å². The van der Waals surface area contributed by atoms with E-state index in [2.05, 4.69) is 16.8 Å². The molecule has 0 aliphatic carbocycles. The third kappa shape index (κ3) is 3.33.